The standard InChI is InChI=1S/C22H23BrO6/c1-22(2,21(26)28-4)20(25)12-19(24)18-10-5-15(23)11-14(18)13-29-17-8-6-16(27-3)7-9-17/h5-11H,12-13H2,1-4H3. The Morgan fingerprint density at radius 2 is 1.59 bits per heavy atom. The maximum atomic E-state index is 12.8. The molecule has 0 radical (unpaired) electrons. The molecule has 29 heavy (non-hydrogen) atoms. The van der Waals surface area contributed by atoms with E-state index in [1.54, 1.807) is 49.6 Å². The fourth-order valence-electron chi connectivity index (χ4n) is 2.62. The van der Waals surface area contributed by atoms with Crippen LogP contribution in [0.2, 0.25) is 0 Å². The average molecular weight is 463 g/mol. The van der Waals surface area contributed by atoms with Crippen LogP contribution in [-0.4, -0.2) is 31.8 Å². The summed E-state index contributed by atoms with van der Waals surface area (Å²) in [5.41, 5.74) is -0.390. The van der Waals surface area contributed by atoms with Crippen molar-refractivity contribution in [3.05, 3.63) is 58.1 Å². The molecule has 0 atom stereocenters. The van der Waals surface area contributed by atoms with Crippen molar-refractivity contribution in [1.29, 1.82) is 0 Å². The van der Waals surface area contributed by atoms with Gasteiger partial charge in [-0.1, -0.05) is 15.9 Å². The summed E-state index contributed by atoms with van der Waals surface area (Å²) in [5, 5.41) is 0. The molecule has 0 heterocycles. The highest BCUT2D eigenvalue weighted by Gasteiger charge is 2.38. The summed E-state index contributed by atoms with van der Waals surface area (Å²) < 4.78 is 16.3. The molecule has 2 aromatic rings. The van der Waals surface area contributed by atoms with Crippen LogP contribution in [0, 0.1) is 5.41 Å². The number of methoxy groups -OCH3 is 2. The minimum Gasteiger partial charge on any atom is -0.497 e. The van der Waals surface area contributed by atoms with Crippen molar-refractivity contribution in [2.24, 2.45) is 5.41 Å². The number of ether oxygens (including phenoxy) is 3. The van der Waals surface area contributed by atoms with Gasteiger partial charge in [-0.25, -0.2) is 0 Å². The number of halogens is 1. The fraction of sp³-hybridized carbons (Fsp3) is 0.318. The number of Topliss-reactive ketones (excluding diaryl/α,β-unsaturated/α-hetero) is 2. The third-order valence-electron chi connectivity index (χ3n) is 4.54. The molecule has 0 aliphatic heterocycles. The summed E-state index contributed by atoms with van der Waals surface area (Å²) in [5.74, 6) is -0.226. The minimum absolute atomic E-state index is 0.140. The first-order valence-corrected chi connectivity index (χ1v) is 9.68. The zero-order valence-corrected chi connectivity index (χ0v) is 18.4. The Bertz CT molecular complexity index is 902. The van der Waals surface area contributed by atoms with Crippen molar-refractivity contribution in [2.45, 2.75) is 26.9 Å². The lowest BCUT2D eigenvalue weighted by atomic mass is 9.84. The third kappa shape index (κ3) is 5.67. The molecule has 0 bridgehead atoms. The molecule has 0 fully saturated rings. The van der Waals surface area contributed by atoms with E-state index in [0.717, 1.165) is 4.47 Å². The van der Waals surface area contributed by atoms with E-state index in [2.05, 4.69) is 20.7 Å². The van der Waals surface area contributed by atoms with E-state index in [-0.39, 0.29) is 12.4 Å². The van der Waals surface area contributed by atoms with Crippen LogP contribution in [0.25, 0.3) is 0 Å². The van der Waals surface area contributed by atoms with Gasteiger partial charge in [-0.3, -0.25) is 14.4 Å². The number of carbonyl (C=O) groups is 3. The SMILES string of the molecule is COC(=O)C(C)(C)C(=O)CC(=O)c1ccc(Br)cc1COc1ccc(OC)cc1. The quantitative estimate of drug-likeness (QED) is 0.312. The molecule has 0 saturated heterocycles. The lowest BCUT2D eigenvalue weighted by molar-refractivity contribution is -0.155. The van der Waals surface area contributed by atoms with Crippen molar-refractivity contribution in [3.63, 3.8) is 0 Å². The molecule has 0 amide bonds. The molecule has 0 aliphatic carbocycles. The molecule has 0 N–H and O–H groups in total. The second-order valence-corrected chi connectivity index (χ2v) is 7.82. The van der Waals surface area contributed by atoms with Crippen LogP contribution in [0.3, 0.4) is 0 Å². The minimum atomic E-state index is -1.39. The van der Waals surface area contributed by atoms with Crippen molar-refractivity contribution >= 4 is 33.5 Å². The van der Waals surface area contributed by atoms with Gasteiger partial charge in [-0.15, -0.1) is 0 Å². The highest BCUT2D eigenvalue weighted by molar-refractivity contribution is 9.10. The number of esters is 1. The molecule has 0 aliphatic rings. The number of hydrogen-bond acceptors (Lipinski definition) is 6. The number of carbonyl (C=O) groups excluding carboxylic acids is 3. The molecule has 6 nitrogen and oxygen atoms in total. The van der Waals surface area contributed by atoms with E-state index in [1.807, 2.05) is 0 Å². The van der Waals surface area contributed by atoms with E-state index < -0.39 is 23.6 Å². The largest absolute Gasteiger partial charge is 0.497 e. The first kappa shape index (κ1) is 22.6. The van der Waals surface area contributed by atoms with Gasteiger partial charge < -0.3 is 14.2 Å². The monoisotopic (exact) mass is 462 g/mol. The molecule has 2 rings (SSSR count). The Morgan fingerprint density at radius 3 is 2.17 bits per heavy atom. The predicted molar refractivity (Wildman–Crippen MR) is 111 cm³/mol. The van der Waals surface area contributed by atoms with E-state index in [0.29, 0.717) is 22.6 Å². The van der Waals surface area contributed by atoms with Crippen LogP contribution in [0.4, 0.5) is 0 Å². The lowest BCUT2D eigenvalue weighted by Gasteiger charge is -2.19. The van der Waals surface area contributed by atoms with Crippen molar-refractivity contribution in [1.82, 2.24) is 0 Å². The topological polar surface area (TPSA) is 78.9 Å². The van der Waals surface area contributed by atoms with Gasteiger partial charge in [0.25, 0.3) is 0 Å². The molecular weight excluding hydrogens is 440 g/mol. The normalized spacial score (nSPS) is 10.9. The number of hydrogen-bond donors (Lipinski definition) is 0. The Morgan fingerprint density at radius 1 is 0.966 bits per heavy atom. The molecule has 0 spiro atoms. The Hall–Kier alpha value is -2.67. The van der Waals surface area contributed by atoms with Crippen molar-refractivity contribution < 1.29 is 28.6 Å². The number of rotatable bonds is 9. The van der Waals surface area contributed by atoms with Crippen LogP contribution in [0.15, 0.2) is 46.9 Å². The second-order valence-electron chi connectivity index (χ2n) is 6.91. The van der Waals surface area contributed by atoms with Crippen LogP contribution in [0.1, 0.15) is 36.2 Å². The summed E-state index contributed by atoms with van der Waals surface area (Å²) in [6.45, 7) is 3.04. The van der Waals surface area contributed by atoms with Crippen molar-refractivity contribution in [2.75, 3.05) is 14.2 Å². The summed E-state index contributed by atoms with van der Waals surface area (Å²) in [4.78, 5) is 37.1. The summed E-state index contributed by atoms with van der Waals surface area (Å²) in [6, 6.07) is 12.2. The van der Waals surface area contributed by atoms with Gasteiger partial charge in [-0.2, -0.15) is 0 Å². The van der Waals surface area contributed by atoms with Gasteiger partial charge >= 0.3 is 5.97 Å². The molecule has 0 aromatic heterocycles. The predicted octanol–water partition coefficient (Wildman–Crippen LogP) is 4.38. The molecule has 154 valence electrons. The van der Waals surface area contributed by atoms with Gasteiger partial charge in [0.2, 0.25) is 0 Å². The van der Waals surface area contributed by atoms with E-state index >= 15 is 0 Å². The van der Waals surface area contributed by atoms with Gasteiger partial charge in [-0.05, 0) is 56.3 Å². The molecule has 7 heteroatoms. The van der Waals surface area contributed by atoms with Gasteiger partial charge in [0.1, 0.15) is 23.5 Å². The van der Waals surface area contributed by atoms with Gasteiger partial charge in [0.05, 0.1) is 20.6 Å². The second kappa shape index (κ2) is 9.69. The first-order valence-electron chi connectivity index (χ1n) is 8.89. The van der Waals surface area contributed by atoms with Crippen LogP contribution < -0.4 is 9.47 Å². The highest BCUT2D eigenvalue weighted by Crippen LogP contribution is 2.25. The smallest absolute Gasteiger partial charge is 0.318 e. The molecule has 0 saturated carbocycles. The van der Waals surface area contributed by atoms with Crippen LogP contribution in [-0.2, 0) is 20.9 Å². The van der Waals surface area contributed by atoms with E-state index in [4.69, 9.17) is 9.47 Å². The van der Waals surface area contributed by atoms with Crippen LogP contribution in [0.5, 0.6) is 11.5 Å². The number of ketones is 2. The van der Waals surface area contributed by atoms with E-state index in [9.17, 15) is 14.4 Å². The molecule has 0 unspecified atom stereocenters. The Balaban J connectivity index is 2.17. The maximum Gasteiger partial charge on any atom is 0.318 e. The van der Waals surface area contributed by atoms with Crippen LogP contribution >= 0.6 is 15.9 Å². The van der Waals surface area contributed by atoms with Gasteiger partial charge in [0.15, 0.2) is 11.6 Å². The summed E-state index contributed by atoms with van der Waals surface area (Å²) >= 11 is 3.39. The highest BCUT2D eigenvalue weighted by atomic mass is 79.9. The van der Waals surface area contributed by atoms with Gasteiger partial charge in [0, 0.05) is 15.6 Å². The summed E-state index contributed by atoms with van der Waals surface area (Å²) in [7, 11) is 2.79. The van der Waals surface area contributed by atoms with E-state index in [1.165, 1.54) is 21.0 Å². The molecular formula is C22H23BrO6. The fourth-order valence-corrected chi connectivity index (χ4v) is 3.03. The third-order valence-corrected chi connectivity index (χ3v) is 5.03. The Labute approximate surface area is 178 Å². The maximum absolute atomic E-state index is 12.8. The Kier molecular flexibility index (Phi) is 7.56. The zero-order chi connectivity index (χ0) is 21.6. The van der Waals surface area contributed by atoms with Crippen molar-refractivity contribution in [3.8, 4) is 11.5 Å². The average Bonchev–Trinajstić information content (AvgIpc) is 2.71. The first-order chi connectivity index (χ1) is 13.7. The molecule has 2 aromatic carbocycles. The summed E-state index contributed by atoms with van der Waals surface area (Å²) in [6.07, 6.45) is -0.404. The lowest BCUT2D eigenvalue weighted by Crippen LogP contribution is -2.35. The number of benzene rings is 2. The zero-order valence-electron chi connectivity index (χ0n) is 16.8.